The molecule has 94 valence electrons. The average molecular weight is 324 g/mol. The van der Waals surface area contributed by atoms with Gasteiger partial charge in [0.1, 0.15) is 0 Å². The zero-order chi connectivity index (χ0) is 13.1. The molecule has 2 aromatic rings. The normalized spacial score (nSPS) is 13.1. The molecule has 1 aromatic heterocycles. The summed E-state index contributed by atoms with van der Waals surface area (Å²) in [5.41, 5.74) is 2.18. The number of nitrogens with zero attached hydrogens (tertiary/aromatic N) is 3. The second kappa shape index (κ2) is 5.71. The van der Waals surface area contributed by atoms with Crippen LogP contribution in [0.2, 0.25) is 0 Å². The molecule has 0 N–H and O–H groups in total. The number of benzene rings is 1. The SMILES string of the molecule is Cc1nc(N=NC(C)c2ccc(Br)cc2)sc1C. The summed E-state index contributed by atoms with van der Waals surface area (Å²) in [6, 6.07) is 8.17. The van der Waals surface area contributed by atoms with E-state index in [-0.39, 0.29) is 6.04 Å². The number of rotatable bonds is 3. The molecule has 1 atom stereocenters. The molecule has 0 bridgehead atoms. The fraction of sp³-hybridized carbons (Fsp3) is 0.308. The van der Waals surface area contributed by atoms with Crippen LogP contribution >= 0.6 is 27.3 Å². The first-order chi connectivity index (χ1) is 8.56. The molecule has 0 saturated heterocycles. The van der Waals surface area contributed by atoms with Gasteiger partial charge in [0.05, 0.1) is 11.7 Å². The lowest BCUT2D eigenvalue weighted by molar-refractivity contribution is 0.762. The van der Waals surface area contributed by atoms with Crippen LogP contribution in [0.1, 0.15) is 29.1 Å². The van der Waals surface area contributed by atoms with Gasteiger partial charge in [-0.2, -0.15) is 5.11 Å². The Morgan fingerprint density at radius 2 is 1.89 bits per heavy atom. The molecule has 0 fully saturated rings. The van der Waals surface area contributed by atoms with Crippen LogP contribution in [-0.4, -0.2) is 4.98 Å². The van der Waals surface area contributed by atoms with E-state index >= 15 is 0 Å². The third-order valence-electron chi connectivity index (χ3n) is 2.69. The van der Waals surface area contributed by atoms with Crippen molar-refractivity contribution in [1.29, 1.82) is 0 Å². The summed E-state index contributed by atoms with van der Waals surface area (Å²) < 4.78 is 1.07. The third kappa shape index (κ3) is 3.23. The number of halogens is 1. The van der Waals surface area contributed by atoms with Crippen LogP contribution < -0.4 is 0 Å². The van der Waals surface area contributed by atoms with E-state index in [1.807, 2.05) is 45.0 Å². The molecular formula is C13H14BrN3S. The van der Waals surface area contributed by atoms with E-state index in [0.29, 0.717) is 0 Å². The molecule has 0 amide bonds. The number of aryl methyl sites for hydroxylation is 2. The van der Waals surface area contributed by atoms with Gasteiger partial charge >= 0.3 is 0 Å². The second-order valence-corrected chi connectivity index (χ2v) is 6.18. The van der Waals surface area contributed by atoms with Crippen LogP contribution in [0, 0.1) is 13.8 Å². The summed E-state index contributed by atoms with van der Waals surface area (Å²) in [6.45, 7) is 6.06. The Morgan fingerprint density at radius 3 is 2.44 bits per heavy atom. The first-order valence-electron chi connectivity index (χ1n) is 5.66. The molecule has 3 nitrogen and oxygen atoms in total. The van der Waals surface area contributed by atoms with Gasteiger partial charge in [-0.1, -0.05) is 39.4 Å². The van der Waals surface area contributed by atoms with Crippen LogP contribution in [-0.2, 0) is 0 Å². The molecule has 18 heavy (non-hydrogen) atoms. The highest BCUT2D eigenvalue weighted by Gasteiger charge is 2.05. The highest BCUT2D eigenvalue weighted by molar-refractivity contribution is 9.10. The summed E-state index contributed by atoms with van der Waals surface area (Å²) in [7, 11) is 0. The van der Waals surface area contributed by atoms with E-state index in [2.05, 4.69) is 31.1 Å². The first-order valence-corrected chi connectivity index (χ1v) is 7.27. The number of thiazole rings is 1. The third-order valence-corrected chi connectivity index (χ3v) is 4.17. The van der Waals surface area contributed by atoms with Crippen molar-refractivity contribution in [3.63, 3.8) is 0 Å². The van der Waals surface area contributed by atoms with Gasteiger partial charge < -0.3 is 0 Å². The first kappa shape index (κ1) is 13.4. The highest BCUT2D eigenvalue weighted by Crippen LogP contribution is 2.26. The molecule has 1 aromatic carbocycles. The molecule has 0 aliphatic heterocycles. The Morgan fingerprint density at radius 1 is 1.22 bits per heavy atom. The lowest BCUT2D eigenvalue weighted by Gasteiger charge is -2.04. The number of hydrogen-bond donors (Lipinski definition) is 0. The molecule has 2 rings (SSSR count). The van der Waals surface area contributed by atoms with E-state index in [4.69, 9.17) is 0 Å². The minimum Gasteiger partial charge on any atom is -0.222 e. The zero-order valence-corrected chi connectivity index (χ0v) is 12.9. The Kier molecular flexibility index (Phi) is 4.24. The van der Waals surface area contributed by atoms with Crippen LogP contribution in [0.25, 0.3) is 0 Å². The fourth-order valence-electron chi connectivity index (χ4n) is 1.44. The van der Waals surface area contributed by atoms with Crippen molar-refractivity contribution < 1.29 is 0 Å². The van der Waals surface area contributed by atoms with Crippen molar-refractivity contribution in [1.82, 2.24) is 4.98 Å². The molecule has 0 aliphatic carbocycles. The van der Waals surface area contributed by atoms with Gasteiger partial charge in [-0.25, -0.2) is 4.98 Å². The lowest BCUT2D eigenvalue weighted by Crippen LogP contribution is -1.87. The van der Waals surface area contributed by atoms with Gasteiger partial charge in [-0.05, 0) is 38.5 Å². The van der Waals surface area contributed by atoms with E-state index < -0.39 is 0 Å². The Bertz CT molecular complexity index is 541. The maximum absolute atomic E-state index is 4.34. The van der Waals surface area contributed by atoms with Gasteiger partial charge in [0.2, 0.25) is 5.13 Å². The van der Waals surface area contributed by atoms with E-state index in [1.165, 1.54) is 4.88 Å². The number of aromatic nitrogens is 1. The van der Waals surface area contributed by atoms with Gasteiger partial charge in [-0.3, -0.25) is 0 Å². The molecule has 0 spiro atoms. The van der Waals surface area contributed by atoms with Crippen LogP contribution in [0.4, 0.5) is 5.13 Å². The van der Waals surface area contributed by atoms with Crippen molar-refractivity contribution in [3.8, 4) is 0 Å². The predicted octanol–water partition coefficient (Wildman–Crippen LogP) is 5.37. The maximum Gasteiger partial charge on any atom is 0.229 e. The molecular weight excluding hydrogens is 310 g/mol. The topological polar surface area (TPSA) is 37.6 Å². The molecule has 0 aliphatic rings. The minimum atomic E-state index is 0.0441. The smallest absolute Gasteiger partial charge is 0.222 e. The summed E-state index contributed by atoms with van der Waals surface area (Å²) in [5, 5.41) is 9.24. The lowest BCUT2D eigenvalue weighted by atomic mass is 10.1. The van der Waals surface area contributed by atoms with Gasteiger partial charge in [0, 0.05) is 9.35 Å². The van der Waals surface area contributed by atoms with Crippen molar-refractivity contribution >= 4 is 32.4 Å². The molecule has 0 saturated carbocycles. The monoisotopic (exact) mass is 323 g/mol. The van der Waals surface area contributed by atoms with Crippen LogP contribution in [0.5, 0.6) is 0 Å². The fourth-order valence-corrected chi connectivity index (χ4v) is 2.44. The molecule has 0 radical (unpaired) electrons. The summed E-state index contributed by atoms with van der Waals surface area (Å²) in [5.74, 6) is 0. The Labute approximate surface area is 119 Å². The van der Waals surface area contributed by atoms with E-state index in [0.717, 1.165) is 20.9 Å². The summed E-state index contributed by atoms with van der Waals surface area (Å²) in [6.07, 6.45) is 0. The van der Waals surface area contributed by atoms with Crippen molar-refractivity contribution in [2.24, 2.45) is 10.2 Å². The Hall–Kier alpha value is -1.07. The summed E-state index contributed by atoms with van der Waals surface area (Å²) >= 11 is 4.99. The molecule has 1 heterocycles. The molecule has 1 unspecified atom stereocenters. The van der Waals surface area contributed by atoms with Crippen LogP contribution in [0.3, 0.4) is 0 Å². The van der Waals surface area contributed by atoms with Gasteiger partial charge in [0.25, 0.3) is 0 Å². The van der Waals surface area contributed by atoms with E-state index in [1.54, 1.807) is 11.3 Å². The predicted molar refractivity (Wildman–Crippen MR) is 78.7 cm³/mol. The van der Waals surface area contributed by atoms with Gasteiger partial charge in [-0.15, -0.1) is 5.11 Å². The number of azo groups is 1. The van der Waals surface area contributed by atoms with Crippen molar-refractivity contribution in [2.75, 3.05) is 0 Å². The summed E-state index contributed by atoms with van der Waals surface area (Å²) in [4.78, 5) is 5.54. The van der Waals surface area contributed by atoms with E-state index in [9.17, 15) is 0 Å². The zero-order valence-electron chi connectivity index (χ0n) is 10.5. The van der Waals surface area contributed by atoms with Crippen LogP contribution in [0.15, 0.2) is 39.0 Å². The Balaban J connectivity index is 2.11. The minimum absolute atomic E-state index is 0.0441. The van der Waals surface area contributed by atoms with Crippen molar-refractivity contribution in [2.45, 2.75) is 26.8 Å². The largest absolute Gasteiger partial charge is 0.229 e. The second-order valence-electron chi connectivity index (χ2n) is 4.08. The highest BCUT2D eigenvalue weighted by atomic mass is 79.9. The maximum atomic E-state index is 4.34. The van der Waals surface area contributed by atoms with Crippen molar-refractivity contribution in [3.05, 3.63) is 44.9 Å². The standard InChI is InChI=1S/C13H14BrN3S/c1-8-10(3)18-13(15-8)17-16-9(2)11-4-6-12(14)7-5-11/h4-7,9H,1-3H3. The average Bonchev–Trinajstić information content (AvgIpc) is 2.67. The molecule has 5 heteroatoms. The number of hydrogen-bond acceptors (Lipinski definition) is 4. The van der Waals surface area contributed by atoms with Gasteiger partial charge in [0.15, 0.2) is 0 Å². The quantitative estimate of drug-likeness (QED) is 0.700.